The maximum absolute atomic E-state index is 12.7. The van der Waals surface area contributed by atoms with Crippen molar-refractivity contribution >= 4 is 5.91 Å². The molecule has 0 unspecified atom stereocenters. The van der Waals surface area contributed by atoms with E-state index in [0.717, 1.165) is 30.6 Å². The van der Waals surface area contributed by atoms with Gasteiger partial charge in [0.2, 0.25) is 17.7 Å². The summed E-state index contributed by atoms with van der Waals surface area (Å²) in [5.41, 5.74) is 0.585. The summed E-state index contributed by atoms with van der Waals surface area (Å²) >= 11 is 0. The lowest BCUT2D eigenvalue weighted by atomic mass is 9.64. The van der Waals surface area contributed by atoms with Gasteiger partial charge in [0.15, 0.2) is 0 Å². The van der Waals surface area contributed by atoms with Crippen molar-refractivity contribution < 1.29 is 13.9 Å². The Morgan fingerprint density at radius 3 is 2.48 bits per heavy atom. The van der Waals surface area contributed by atoms with Gasteiger partial charge in [-0.15, -0.1) is 10.2 Å². The number of benzene rings is 1. The van der Waals surface area contributed by atoms with E-state index in [-0.39, 0.29) is 12.5 Å². The summed E-state index contributed by atoms with van der Waals surface area (Å²) in [5.74, 6) is 1.84. The maximum Gasteiger partial charge on any atom is 0.235 e. The van der Waals surface area contributed by atoms with Crippen LogP contribution in [0.1, 0.15) is 43.5 Å². The average molecular weight is 315 g/mol. The van der Waals surface area contributed by atoms with E-state index >= 15 is 0 Å². The summed E-state index contributed by atoms with van der Waals surface area (Å²) in [6, 6.07) is 7.74. The van der Waals surface area contributed by atoms with Gasteiger partial charge in [-0.05, 0) is 30.5 Å². The van der Waals surface area contributed by atoms with Crippen LogP contribution in [0.15, 0.2) is 28.7 Å². The van der Waals surface area contributed by atoms with Crippen LogP contribution < -0.4 is 10.1 Å². The summed E-state index contributed by atoms with van der Waals surface area (Å²) in [6.07, 6.45) is 3.46. The number of hydrogen-bond acceptors (Lipinski definition) is 5. The van der Waals surface area contributed by atoms with E-state index in [1.54, 1.807) is 7.11 Å². The Hall–Kier alpha value is -2.37. The summed E-state index contributed by atoms with van der Waals surface area (Å²) in [7, 11) is 1.63. The molecule has 1 aliphatic carbocycles. The molecule has 1 aliphatic rings. The number of nitrogens with zero attached hydrogens (tertiary/aromatic N) is 2. The van der Waals surface area contributed by atoms with Gasteiger partial charge in [-0.25, -0.2) is 0 Å². The first-order valence-corrected chi connectivity index (χ1v) is 7.92. The number of rotatable bonds is 6. The molecule has 0 bridgehead atoms. The lowest BCUT2D eigenvalue weighted by Crippen LogP contribution is -2.49. The molecule has 1 aromatic heterocycles. The molecule has 6 nitrogen and oxygen atoms in total. The molecular formula is C17H21N3O3. The normalized spacial score (nSPS) is 15.7. The van der Waals surface area contributed by atoms with Gasteiger partial charge in [0.05, 0.1) is 19.1 Å². The van der Waals surface area contributed by atoms with E-state index in [9.17, 15) is 4.79 Å². The zero-order valence-corrected chi connectivity index (χ0v) is 13.5. The minimum Gasteiger partial charge on any atom is -0.497 e. The standard InChI is InChI=1S/C17H21N3O3/c1-3-14-19-20-15(23-14)11-18-16(21)17(9-4-10-17)12-5-7-13(22-2)8-6-12/h5-8H,3-4,9-11H2,1-2H3,(H,18,21). The Labute approximate surface area is 135 Å². The highest BCUT2D eigenvalue weighted by molar-refractivity contribution is 5.89. The predicted octanol–water partition coefficient (Wildman–Crippen LogP) is 2.38. The highest BCUT2D eigenvalue weighted by Crippen LogP contribution is 2.44. The maximum atomic E-state index is 12.7. The summed E-state index contributed by atoms with van der Waals surface area (Å²) in [6.45, 7) is 2.21. The van der Waals surface area contributed by atoms with E-state index in [4.69, 9.17) is 9.15 Å². The zero-order valence-electron chi connectivity index (χ0n) is 13.5. The van der Waals surface area contributed by atoms with Crippen LogP contribution in [0.25, 0.3) is 0 Å². The second kappa shape index (κ2) is 6.40. The lowest BCUT2D eigenvalue weighted by molar-refractivity contribution is -0.130. The molecule has 0 atom stereocenters. The number of methoxy groups -OCH3 is 1. The summed E-state index contributed by atoms with van der Waals surface area (Å²) in [5, 5.41) is 10.8. The van der Waals surface area contributed by atoms with Crippen molar-refractivity contribution in [1.29, 1.82) is 0 Å². The minimum absolute atomic E-state index is 0.0187. The molecule has 1 fully saturated rings. The lowest BCUT2D eigenvalue weighted by Gasteiger charge is -2.40. The van der Waals surface area contributed by atoms with Crippen molar-refractivity contribution in [1.82, 2.24) is 15.5 Å². The van der Waals surface area contributed by atoms with Gasteiger partial charge >= 0.3 is 0 Å². The van der Waals surface area contributed by atoms with E-state index in [0.29, 0.717) is 18.2 Å². The van der Waals surface area contributed by atoms with Gasteiger partial charge in [0.25, 0.3) is 0 Å². The first kappa shape index (κ1) is 15.5. The van der Waals surface area contributed by atoms with Crippen molar-refractivity contribution in [2.24, 2.45) is 0 Å². The Kier molecular flexibility index (Phi) is 4.32. The SMILES string of the molecule is CCc1nnc(CNC(=O)C2(c3ccc(OC)cc3)CCC2)o1. The van der Waals surface area contributed by atoms with Crippen molar-refractivity contribution in [2.75, 3.05) is 7.11 Å². The minimum atomic E-state index is -0.445. The van der Waals surface area contributed by atoms with Crippen LogP contribution in [0, 0.1) is 0 Å². The fraction of sp³-hybridized carbons (Fsp3) is 0.471. The van der Waals surface area contributed by atoms with Crippen molar-refractivity contribution in [3.8, 4) is 5.75 Å². The molecule has 1 saturated carbocycles. The molecule has 1 heterocycles. The molecule has 122 valence electrons. The topological polar surface area (TPSA) is 77.2 Å². The number of carbonyl (C=O) groups excluding carboxylic acids is 1. The first-order valence-electron chi connectivity index (χ1n) is 7.92. The van der Waals surface area contributed by atoms with Gasteiger partial charge < -0.3 is 14.5 Å². The third kappa shape index (κ3) is 2.93. The van der Waals surface area contributed by atoms with Gasteiger partial charge in [0.1, 0.15) is 5.75 Å². The number of amides is 1. The van der Waals surface area contributed by atoms with Crippen molar-refractivity contribution in [2.45, 2.75) is 44.6 Å². The van der Waals surface area contributed by atoms with Gasteiger partial charge in [-0.2, -0.15) is 0 Å². The molecule has 0 radical (unpaired) electrons. The number of ether oxygens (including phenoxy) is 1. The largest absolute Gasteiger partial charge is 0.497 e. The number of aromatic nitrogens is 2. The van der Waals surface area contributed by atoms with E-state index in [2.05, 4.69) is 15.5 Å². The van der Waals surface area contributed by atoms with Crippen LogP contribution in [0.5, 0.6) is 5.75 Å². The third-order valence-electron chi connectivity index (χ3n) is 4.50. The van der Waals surface area contributed by atoms with E-state index in [1.165, 1.54) is 0 Å². The Bertz CT molecular complexity index is 675. The Balaban J connectivity index is 1.70. The quantitative estimate of drug-likeness (QED) is 0.885. The molecule has 23 heavy (non-hydrogen) atoms. The summed E-state index contributed by atoms with van der Waals surface area (Å²) < 4.78 is 10.6. The smallest absolute Gasteiger partial charge is 0.235 e. The monoisotopic (exact) mass is 315 g/mol. The molecule has 2 aromatic rings. The highest BCUT2D eigenvalue weighted by atomic mass is 16.5. The fourth-order valence-corrected chi connectivity index (χ4v) is 2.91. The number of carbonyl (C=O) groups is 1. The van der Waals surface area contributed by atoms with Crippen molar-refractivity contribution in [3.63, 3.8) is 0 Å². The fourth-order valence-electron chi connectivity index (χ4n) is 2.91. The molecule has 1 aromatic carbocycles. The molecule has 6 heteroatoms. The van der Waals surface area contributed by atoms with Crippen LogP contribution in [-0.2, 0) is 23.2 Å². The molecule has 0 aliphatic heterocycles. The highest BCUT2D eigenvalue weighted by Gasteiger charge is 2.45. The first-order chi connectivity index (χ1) is 11.2. The zero-order chi connectivity index (χ0) is 16.3. The third-order valence-corrected chi connectivity index (χ3v) is 4.50. The van der Waals surface area contributed by atoms with Crippen LogP contribution in [0.4, 0.5) is 0 Å². The van der Waals surface area contributed by atoms with Crippen LogP contribution in [-0.4, -0.2) is 23.2 Å². The number of nitrogens with one attached hydrogen (secondary N) is 1. The molecule has 1 amide bonds. The van der Waals surface area contributed by atoms with Crippen LogP contribution in [0.2, 0.25) is 0 Å². The van der Waals surface area contributed by atoms with Crippen LogP contribution in [0.3, 0.4) is 0 Å². The molecule has 0 spiro atoms. The van der Waals surface area contributed by atoms with Gasteiger partial charge in [-0.1, -0.05) is 25.5 Å². The van der Waals surface area contributed by atoms with Gasteiger partial charge in [-0.3, -0.25) is 4.79 Å². The predicted molar refractivity (Wildman–Crippen MR) is 84.0 cm³/mol. The van der Waals surface area contributed by atoms with Crippen LogP contribution >= 0.6 is 0 Å². The second-order valence-corrected chi connectivity index (χ2v) is 5.79. The second-order valence-electron chi connectivity index (χ2n) is 5.79. The van der Waals surface area contributed by atoms with E-state index < -0.39 is 5.41 Å². The van der Waals surface area contributed by atoms with Gasteiger partial charge in [0, 0.05) is 6.42 Å². The van der Waals surface area contributed by atoms with Crippen molar-refractivity contribution in [3.05, 3.63) is 41.6 Å². The van der Waals surface area contributed by atoms with E-state index in [1.807, 2.05) is 31.2 Å². The average Bonchev–Trinajstić information content (AvgIpc) is 3.00. The number of hydrogen-bond donors (Lipinski definition) is 1. The Morgan fingerprint density at radius 1 is 1.26 bits per heavy atom. The number of aryl methyl sites for hydroxylation is 1. The molecule has 0 saturated heterocycles. The molecular weight excluding hydrogens is 294 g/mol. The Morgan fingerprint density at radius 2 is 1.96 bits per heavy atom. The summed E-state index contributed by atoms with van der Waals surface area (Å²) in [4.78, 5) is 12.7. The molecule has 1 N–H and O–H groups in total. The molecule has 3 rings (SSSR count).